The van der Waals surface area contributed by atoms with Crippen LogP contribution in [-0.2, 0) is 0 Å². The van der Waals surface area contributed by atoms with Gasteiger partial charge in [0.2, 0.25) is 0 Å². The van der Waals surface area contributed by atoms with Gasteiger partial charge in [-0.25, -0.2) is 0 Å². The summed E-state index contributed by atoms with van der Waals surface area (Å²) in [6.45, 7) is 0. The molecule has 176 valence electrons. The van der Waals surface area contributed by atoms with Gasteiger partial charge in [0.25, 0.3) is 0 Å². The Labute approximate surface area is 230 Å². The highest BCUT2D eigenvalue weighted by molar-refractivity contribution is 7.44. The molecule has 0 radical (unpaired) electrons. The summed E-state index contributed by atoms with van der Waals surface area (Å²) in [5, 5.41) is 7.28. The Balaban J connectivity index is 1.39. The molecule has 0 bridgehead atoms. The van der Waals surface area contributed by atoms with Crippen LogP contribution in [0.25, 0.3) is 49.7 Å². The van der Waals surface area contributed by atoms with Gasteiger partial charge in [-0.1, -0.05) is 66.2 Å². The van der Waals surface area contributed by atoms with Crippen molar-refractivity contribution in [1.29, 1.82) is 0 Å². The molecule has 0 aliphatic carbocycles. The molecule has 0 spiro atoms. The van der Waals surface area contributed by atoms with E-state index < -0.39 is 0 Å². The summed E-state index contributed by atoms with van der Waals surface area (Å²) in [6, 6.07) is 39.2. The third-order valence-corrected chi connectivity index (χ3v) is 10.8. The summed E-state index contributed by atoms with van der Waals surface area (Å²) in [7, 11) is 0. The number of para-hydroxylation sites is 1. The zero-order valence-electron chi connectivity index (χ0n) is 19.4. The Morgan fingerprint density at radius 2 is 1.30 bits per heavy atom. The average molecular weight is 548 g/mol. The number of benzene rings is 5. The van der Waals surface area contributed by atoms with Gasteiger partial charge in [-0.3, -0.25) is 0 Å². The smallest absolute Gasteiger partial charge is 0.0890 e. The topological polar surface area (TPSA) is 3.24 Å². The van der Waals surface area contributed by atoms with Crippen molar-refractivity contribution in [3.8, 4) is 0 Å². The van der Waals surface area contributed by atoms with Crippen molar-refractivity contribution < 1.29 is 0 Å². The SMILES string of the molecule is Clc1ccc2sc3sc4cc(N(c5ccccc5)c5cccc6c5sc5ccccc56)ccc4c3c2c1. The molecule has 0 saturated heterocycles. The highest BCUT2D eigenvalue weighted by atomic mass is 35.5. The predicted octanol–water partition coefficient (Wildman–Crippen LogP) is 11.8. The van der Waals surface area contributed by atoms with E-state index in [-0.39, 0.29) is 0 Å². The van der Waals surface area contributed by atoms with Gasteiger partial charge in [-0.15, -0.1) is 34.0 Å². The first kappa shape index (κ1) is 21.7. The summed E-state index contributed by atoms with van der Waals surface area (Å²) in [4.78, 5) is 2.40. The van der Waals surface area contributed by atoms with E-state index in [0.717, 1.165) is 10.7 Å². The standard InChI is InChI=1S/C32H18ClNS3/c33-19-13-16-28-25(17-19)30-24-15-14-21(18-29(24)37-32(30)36-28)34(20-7-2-1-3-8-20)26-11-6-10-23-22-9-4-5-12-27(22)35-31(23)26/h1-18H. The molecule has 5 heteroatoms. The molecule has 0 amide bonds. The van der Waals surface area contributed by atoms with E-state index in [1.54, 1.807) is 0 Å². The molecule has 0 aliphatic heterocycles. The number of hydrogen-bond acceptors (Lipinski definition) is 4. The predicted molar refractivity (Wildman–Crippen MR) is 167 cm³/mol. The molecule has 1 nitrogen and oxygen atoms in total. The summed E-state index contributed by atoms with van der Waals surface area (Å²) < 4.78 is 6.56. The first-order chi connectivity index (χ1) is 18.2. The van der Waals surface area contributed by atoms with Crippen LogP contribution in [0.4, 0.5) is 17.1 Å². The van der Waals surface area contributed by atoms with E-state index >= 15 is 0 Å². The lowest BCUT2D eigenvalue weighted by molar-refractivity contribution is 1.31. The third kappa shape index (κ3) is 3.34. The van der Waals surface area contributed by atoms with Gasteiger partial charge in [-0.05, 0) is 54.6 Å². The molecule has 0 saturated carbocycles. The van der Waals surface area contributed by atoms with Crippen LogP contribution in [-0.4, -0.2) is 0 Å². The summed E-state index contributed by atoms with van der Waals surface area (Å²) >= 11 is 12.0. The summed E-state index contributed by atoms with van der Waals surface area (Å²) in [6.07, 6.45) is 0. The minimum Gasteiger partial charge on any atom is -0.309 e. The largest absolute Gasteiger partial charge is 0.309 e. The molecule has 8 aromatic rings. The molecule has 37 heavy (non-hydrogen) atoms. The monoisotopic (exact) mass is 547 g/mol. The van der Waals surface area contributed by atoms with Crippen molar-refractivity contribution in [2.75, 3.05) is 4.90 Å². The minimum atomic E-state index is 0.787. The van der Waals surface area contributed by atoms with E-state index in [9.17, 15) is 0 Å². The Kier molecular flexibility index (Phi) is 4.86. The van der Waals surface area contributed by atoms with Gasteiger partial charge in [0, 0.05) is 57.4 Å². The van der Waals surface area contributed by atoms with Crippen LogP contribution >= 0.6 is 45.6 Å². The molecule has 3 heterocycles. The maximum Gasteiger partial charge on any atom is 0.0890 e. The number of rotatable bonds is 3. The van der Waals surface area contributed by atoms with E-state index in [1.807, 2.05) is 40.1 Å². The lowest BCUT2D eigenvalue weighted by Crippen LogP contribution is -2.09. The molecule has 3 aromatic heterocycles. The van der Waals surface area contributed by atoms with Crippen molar-refractivity contribution in [3.05, 3.63) is 114 Å². The molecule has 5 aromatic carbocycles. The van der Waals surface area contributed by atoms with Crippen LogP contribution in [0.15, 0.2) is 109 Å². The highest BCUT2D eigenvalue weighted by Crippen LogP contribution is 2.48. The van der Waals surface area contributed by atoms with Gasteiger partial charge in [0.05, 0.1) is 14.4 Å². The van der Waals surface area contributed by atoms with Crippen molar-refractivity contribution in [2.45, 2.75) is 0 Å². The Bertz CT molecular complexity index is 2120. The van der Waals surface area contributed by atoms with Crippen LogP contribution < -0.4 is 4.90 Å². The first-order valence-corrected chi connectivity index (χ1v) is 14.9. The second kappa shape index (κ2) is 8.30. The number of thiophene rings is 3. The van der Waals surface area contributed by atoms with Crippen molar-refractivity contribution >= 4 is 112 Å². The number of anilines is 3. The molecular weight excluding hydrogens is 530 g/mol. The Morgan fingerprint density at radius 3 is 2.22 bits per heavy atom. The normalized spacial score (nSPS) is 11.9. The van der Waals surface area contributed by atoms with Crippen LogP contribution in [0.1, 0.15) is 0 Å². The van der Waals surface area contributed by atoms with Gasteiger partial charge in [0.15, 0.2) is 0 Å². The number of nitrogens with zero attached hydrogens (tertiary/aromatic N) is 1. The average Bonchev–Trinajstić information content (AvgIpc) is 3.59. The Hall–Kier alpha value is -3.41. The molecular formula is C32H18ClNS3. The van der Waals surface area contributed by atoms with Gasteiger partial charge >= 0.3 is 0 Å². The zero-order chi connectivity index (χ0) is 24.5. The van der Waals surface area contributed by atoms with E-state index in [1.165, 1.54) is 61.1 Å². The number of fused-ring (bicyclic) bond motifs is 8. The Morgan fingerprint density at radius 1 is 0.514 bits per heavy atom. The molecule has 0 aliphatic rings. The third-order valence-electron chi connectivity index (χ3n) is 6.95. The van der Waals surface area contributed by atoms with Crippen molar-refractivity contribution in [2.24, 2.45) is 0 Å². The van der Waals surface area contributed by atoms with E-state index in [2.05, 4.69) is 108 Å². The second-order valence-corrected chi connectivity index (χ2v) is 13.0. The fourth-order valence-corrected chi connectivity index (χ4v) is 9.32. The fraction of sp³-hybridized carbons (Fsp3) is 0. The van der Waals surface area contributed by atoms with Crippen LogP contribution in [0.2, 0.25) is 5.02 Å². The molecule has 0 N–H and O–H groups in total. The van der Waals surface area contributed by atoms with Crippen LogP contribution in [0.5, 0.6) is 0 Å². The highest BCUT2D eigenvalue weighted by Gasteiger charge is 2.19. The molecule has 0 atom stereocenters. The summed E-state index contributed by atoms with van der Waals surface area (Å²) in [5.74, 6) is 0. The van der Waals surface area contributed by atoms with Gasteiger partial charge < -0.3 is 4.90 Å². The van der Waals surface area contributed by atoms with Crippen molar-refractivity contribution in [1.82, 2.24) is 0 Å². The maximum absolute atomic E-state index is 6.38. The number of hydrogen-bond donors (Lipinski definition) is 0. The second-order valence-electron chi connectivity index (χ2n) is 9.11. The quantitative estimate of drug-likeness (QED) is 0.212. The first-order valence-electron chi connectivity index (χ1n) is 12.0. The maximum atomic E-state index is 6.38. The van der Waals surface area contributed by atoms with Crippen LogP contribution in [0.3, 0.4) is 0 Å². The molecule has 0 fully saturated rings. The molecule has 0 unspecified atom stereocenters. The lowest BCUT2D eigenvalue weighted by Gasteiger charge is -2.26. The lowest BCUT2D eigenvalue weighted by atomic mass is 10.1. The zero-order valence-corrected chi connectivity index (χ0v) is 22.6. The van der Waals surface area contributed by atoms with E-state index in [4.69, 9.17) is 11.6 Å². The van der Waals surface area contributed by atoms with Gasteiger partial charge in [0.1, 0.15) is 0 Å². The van der Waals surface area contributed by atoms with E-state index in [0.29, 0.717) is 0 Å². The number of halogens is 1. The fourth-order valence-electron chi connectivity index (χ4n) is 5.33. The minimum absolute atomic E-state index is 0.787. The van der Waals surface area contributed by atoms with Gasteiger partial charge in [-0.2, -0.15) is 0 Å². The van der Waals surface area contributed by atoms with Crippen molar-refractivity contribution in [3.63, 3.8) is 0 Å². The molecule has 8 rings (SSSR count). The summed E-state index contributed by atoms with van der Waals surface area (Å²) in [5.41, 5.74) is 3.53. The van der Waals surface area contributed by atoms with Crippen LogP contribution in [0, 0.1) is 0 Å².